The number of hydrogen-bond donors (Lipinski definition) is 2. The van der Waals surface area contributed by atoms with Gasteiger partial charge in [-0.05, 0) is 35.2 Å². The first-order valence-electron chi connectivity index (χ1n) is 6.69. The molecule has 2 aromatic rings. The number of carbonyl (C=O) groups is 1. The van der Waals surface area contributed by atoms with Crippen LogP contribution in [0.1, 0.15) is 36.7 Å². The lowest BCUT2D eigenvalue weighted by molar-refractivity contribution is 0.0694. The predicted octanol–water partition coefficient (Wildman–Crippen LogP) is 4.06. The van der Waals surface area contributed by atoms with Gasteiger partial charge in [0, 0.05) is 0 Å². The second-order valence-corrected chi connectivity index (χ2v) is 5.91. The molecular formula is C17H19NO3. The van der Waals surface area contributed by atoms with Gasteiger partial charge < -0.3 is 15.6 Å². The van der Waals surface area contributed by atoms with Gasteiger partial charge in [0.25, 0.3) is 0 Å². The summed E-state index contributed by atoms with van der Waals surface area (Å²) >= 11 is 0. The highest BCUT2D eigenvalue weighted by atomic mass is 16.5. The fourth-order valence-corrected chi connectivity index (χ4v) is 1.98. The number of nitrogens with two attached hydrogens (primary N) is 1. The number of rotatable bonds is 3. The van der Waals surface area contributed by atoms with Crippen molar-refractivity contribution in [3.8, 4) is 11.5 Å². The summed E-state index contributed by atoms with van der Waals surface area (Å²) in [6.07, 6.45) is 0. The summed E-state index contributed by atoms with van der Waals surface area (Å²) in [6.45, 7) is 6.38. The Kier molecular flexibility index (Phi) is 3.89. The van der Waals surface area contributed by atoms with Gasteiger partial charge in [-0.3, -0.25) is 0 Å². The molecule has 3 N–H and O–H groups in total. The van der Waals surface area contributed by atoms with Crippen LogP contribution in [0.25, 0.3) is 0 Å². The molecule has 0 aliphatic heterocycles. The van der Waals surface area contributed by atoms with Gasteiger partial charge in [-0.1, -0.05) is 39.0 Å². The van der Waals surface area contributed by atoms with Crippen LogP contribution in [-0.2, 0) is 5.41 Å². The summed E-state index contributed by atoms with van der Waals surface area (Å²) in [4.78, 5) is 11.2. The van der Waals surface area contributed by atoms with Crippen LogP contribution in [-0.4, -0.2) is 11.1 Å². The molecule has 0 amide bonds. The first kappa shape index (κ1) is 14.9. The van der Waals surface area contributed by atoms with Crippen molar-refractivity contribution in [2.75, 3.05) is 5.73 Å². The van der Waals surface area contributed by atoms with Gasteiger partial charge in [0.2, 0.25) is 0 Å². The predicted molar refractivity (Wildman–Crippen MR) is 83.0 cm³/mol. The van der Waals surface area contributed by atoms with Crippen LogP contribution >= 0.6 is 0 Å². The van der Waals surface area contributed by atoms with Crippen LogP contribution in [0.2, 0.25) is 0 Å². The van der Waals surface area contributed by atoms with Crippen molar-refractivity contribution in [1.29, 1.82) is 0 Å². The zero-order valence-corrected chi connectivity index (χ0v) is 12.4. The lowest BCUT2D eigenvalue weighted by Gasteiger charge is -2.19. The Morgan fingerprint density at radius 2 is 1.71 bits per heavy atom. The van der Waals surface area contributed by atoms with E-state index in [-0.39, 0.29) is 16.7 Å². The molecule has 2 aromatic carbocycles. The fourth-order valence-electron chi connectivity index (χ4n) is 1.98. The van der Waals surface area contributed by atoms with Crippen molar-refractivity contribution in [2.45, 2.75) is 26.2 Å². The number of ether oxygens (including phenoxy) is 1. The Morgan fingerprint density at radius 3 is 2.24 bits per heavy atom. The standard InChI is InChI=1S/C17H19NO3/c1-17(2,3)11-7-9-12(10-8-11)21-15-13(16(19)20)5-4-6-14(15)18/h4-10H,18H2,1-3H3,(H,19,20). The van der Waals surface area contributed by atoms with Crippen LogP contribution in [0.4, 0.5) is 5.69 Å². The number of benzene rings is 2. The number of anilines is 1. The van der Waals surface area contributed by atoms with Gasteiger partial charge in [-0.15, -0.1) is 0 Å². The number of aromatic carboxylic acids is 1. The molecular weight excluding hydrogens is 266 g/mol. The van der Waals surface area contributed by atoms with Crippen LogP contribution in [0, 0.1) is 0 Å². The first-order valence-corrected chi connectivity index (χ1v) is 6.69. The largest absolute Gasteiger partial charge is 0.478 e. The van der Waals surface area contributed by atoms with Crippen LogP contribution < -0.4 is 10.5 Å². The number of hydrogen-bond acceptors (Lipinski definition) is 3. The first-order chi connectivity index (χ1) is 9.79. The second kappa shape index (κ2) is 5.48. The van der Waals surface area contributed by atoms with E-state index in [2.05, 4.69) is 20.8 Å². The summed E-state index contributed by atoms with van der Waals surface area (Å²) in [6, 6.07) is 12.2. The highest BCUT2D eigenvalue weighted by Gasteiger charge is 2.16. The number of carboxylic acids is 1. The van der Waals surface area contributed by atoms with Crippen molar-refractivity contribution < 1.29 is 14.6 Å². The average molecular weight is 285 g/mol. The summed E-state index contributed by atoms with van der Waals surface area (Å²) in [7, 11) is 0. The highest BCUT2D eigenvalue weighted by Crippen LogP contribution is 2.32. The molecule has 0 radical (unpaired) electrons. The molecule has 2 rings (SSSR count). The molecule has 0 saturated heterocycles. The molecule has 0 aromatic heterocycles. The molecule has 0 saturated carbocycles. The molecule has 4 heteroatoms. The topological polar surface area (TPSA) is 72.5 Å². The second-order valence-electron chi connectivity index (χ2n) is 5.91. The van der Waals surface area contributed by atoms with Crippen molar-refractivity contribution in [2.24, 2.45) is 0 Å². The molecule has 0 unspecified atom stereocenters. The Bertz CT molecular complexity index is 655. The lowest BCUT2D eigenvalue weighted by atomic mass is 9.87. The molecule has 0 fully saturated rings. The van der Waals surface area contributed by atoms with Crippen molar-refractivity contribution in [3.63, 3.8) is 0 Å². The summed E-state index contributed by atoms with van der Waals surface area (Å²) in [5.74, 6) is -0.333. The minimum absolute atomic E-state index is 0.0508. The fraction of sp³-hybridized carbons (Fsp3) is 0.235. The molecule has 0 bridgehead atoms. The third kappa shape index (κ3) is 3.34. The van der Waals surface area contributed by atoms with E-state index in [4.69, 9.17) is 10.5 Å². The third-order valence-corrected chi connectivity index (χ3v) is 3.22. The Morgan fingerprint density at radius 1 is 1.10 bits per heavy atom. The molecule has 4 nitrogen and oxygen atoms in total. The number of carboxylic acid groups (broad SMARTS) is 1. The maximum absolute atomic E-state index is 11.2. The summed E-state index contributed by atoms with van der Waals surface area (Å²) in [5.41, 5.74) is 7.40. The molecule has 110 valence electrons. The van der Waals surface area contributed by atoms with E-state index in [1.54, 1.807) is 12.1 Å². The van der Waals surface area contributed by atoms with Gasteiger partial charge in [-0.25, -0.2) is 4.79 Å². The van der Waals surface area contributed by atoms with Crippen LogP contribution in [0.5, 0.6) is 11.5 Å². The number of para-hydroxylation sites is 1. The van der Waals surface area contributed by atoms with Gasteiger partial charge >= 0.3 is 5.97 Å². The van der Waals surface area contributed by atoms with E-state index in [1.807, 2.05) is 24.3 Å². The maximum atomic E-state index is 11.2. The monoisotopic (exact) mass is 285 g/mol. The SMILES string of the molecule is CC(C)(C)c1ccc(Oc2c(N)cccc2C(=O)O)cc1. The van der Waals surface area contributed by atoms with E-state index in [0.717, 1.165) is 0 Å². The Labute approximate surface area is 124 Å². The molecule has 0 aliphatic rings. The van der Waals surface area contributed by atoms with Crippen molar-refractivity contribution in [1.82, 2.24) is 0 Å². The minimum atomic E-state index is -1.07. The minimum Gasteiger partial charge on any atom is -0.478 e. The van der Waals surface area contributed by atoms with Crippen molar-refractivity contribution in [3.05, 3.63) is 53.6 Å². The average Bonchev–Trinajstić information content (AvgIpc) is 2.40. The molecule has 0 spiro atoms. The lowest BCUT2D eigenvalue weighted by Crippen LogP contribution is -2.10. The molecule has 0 atom stereocenters. The van der Waals surface area contributed by atoms with Gasteiger partial charge in [0.05, 0.1) is 5.69 Å². The van der Waals surface area contributed by atoms with Crippen molar-refractivity contribution >= 4 is 11.7 Å². The van der Waals surface area contributed by atoms with E-state index >= 15 is 0 Å². The van der Waals surface area contributed by atoms with E-state index < -0.39 is 5.97 Å². The quantitative estimate of drug-likeness (QED) is 0.834. The summed E-state index contributed by atoms with van der Waals surface area (Å²) < 4.78 is 5.66. The summed E-state index contributed by atoms with van der Waals surface area (Å²) in [5, 5.41) is 9.18. The van der Waals surface area contributed by atoms with E-state index in [0.29, 0.717) is 11.4 Å². The zero-order chi connectivity index (χ0) is 15.6. The Hall–Kier alpha value is -2.49. The van der Waals surface area contributed by atoms with Crippen LogP contribution in [0.15, 0.2) is 42.5 Å². The van der Waals surface area contributed by atoms with Gasteiger partial charge in [0.1, 0.15) is 11.3 Å². The molecule has 21 heavy (non-hydrogen) atoms. The van der Waals surface area contributed by atoms with E-state index in [1.165, 1.54) is 11.6 Å². The highest BCUT2D eigenvalue weighted by molar-refractivity contribution is 5.93. The van der Waals surface area contributed by atoms with Gasteiger partial charge in [0.15, 0.2) is 5.75 Å². The zero-order valence-electron chi connectivity index (χ0n) is 12.4. The maximum Gasteiger partial charge on any atom is 0.339 e. The van der Waals surface area contributed by atoms with Crippen LogP contribution in [0.3, 0.4) is 0 Å². The third-order valence-electron chi connectivity index (χ3n) is 3.22. The van der Waals surface area contributed by atoms with Gasteiger partial charge in [-0.2, -0.15) is 0 Å². The number of nitrogen functional groups attached to an aromatic ring is 1. The normalized spacial score (nSPS) is 11.2. The van der Waals surface area contributed by atoms with E-state index in [9.17, 15) is 9.90 Å². The molecule has 0 heterocycles. The smallest absolute Gasteiger partial charge is 0.339 e. The Balaban J connectivity index is 2.33. The molecule has 0 aliphatic carbocycles.